The maximum absolute atomic E-state index is 12.5. The topological polar surface area (TPSA) is 38.3 Å². The third-order valence-corrected chi connectivity index (χ3v) is 4.71. The minimum Gasteiger partial charge on any atom is -0.481 e. The Balaban J connectivity index is 2.06. The zero-order chi connectivity index (χ0) is 18.7. The molecule has 2 atom stereocenters. The Labute approximate surface area is 151 Å². The molecular weight excluding hydrogens is 310 g/mol. The fourth-order valence-corrected chi connectivity index (χ4v) is 3.03. The fraction of sp³-hybridized carbons (Fsp3) is 0.409. The number of hydrogen-bond donors (Lipinski definition) is 1. The average Bonchev–Trinajstić information content (AvgIpc) is 2.53. The van der Waals surface area contributed by atoms with Crippen LogP contribution in [0.15, 0.2) is 30.3 Å². The van der Waals surface area contributed by atoms with Gasteiger partial charge >= 0.3 is 0 Å². The first kappa shape index (κ1) is 19.0. The first-order chi connectivity index (χ1) is 11.7. The van der Waals surface area contributed by atoms with Gasteiger partial charge in [-0.15, -0.1) is 0 Å². The van der Waals surface area contributed by atoms with Crippen LogP contribution in [0.2, 0.25) is 0 Å². The second-order valence-corrected chi connectivity index (χ2v) is 7.05. The second kappa shape index (κ2) is 7.73. The molecule has 2 aromatic carbocycles. The van der Waals surface area contributed by atoms with E-state index < -0.39 is 6.10 Å². The van der Waals surface area contributed by atoms with Gasteiger partial charge in [0.25, 0.3) is 5.91 Å². The number of nitrogens with one attached hydrogen (secondary N) is 1. The molecule has 0 unspecified atom stereocenters. The molecule has 2 rings (SSSR count). The molecule has 3 heteroatoms. The molecule has 0 aliphatic carbocycles. The van der Waals surface area contributed by atoms with Crippen molar-refractivity contribution >= 4 is 5.91 Å². The summed E-state index contributed by atoms with van der Waals surface area (Å²) in [4.78, 5) is 12.5. The van der Waals surface area contributed by atoms with Crippen molar-refractivity contribution < 1.29 is 9.53 Å². The highest BCUT2D eigenvalue weighted by Gasteiger charge is 2.19. The van der Waals surface area contributed by atoms with Gasteiger partial charge in [-0.1, -0.05) is 29.8 Å². The van der Waals surface area contributed by atoms with Crippen molar-refractivity contribution in [3.63, 3.8) is 0 Å². The number of rotatable bonds is 5. The Morgan fingerprint density at radius 1 is 0.880 bits per heavy atom. The van der Waals surface area contributed by atoms with Crippen LogP contribution in [-0.2, 0) is 4.79 Å². The van der Waals surface area contributed by atoms with Crippen LogP contribution < -0.4 is 10.1 Å². The fourth-order valence-electron chi connectivity index (χ4n) is 3.03. The summed E-state index contributed by atoms with van der Waals surface area (Å²) in [6.45, 7) is 14.1. The van der Waals surface area contributed by atoms with Gasteiger partial charge in [0.05, 0.1) is 6.04 Å². The van der Waals surface area contributed by atoms with E-state index in [4.69, 9.17) is 4.74 Å². The highest BCUT2D eigenvalue weighted by atomic mass is 16.5. The number of carbonyl (C=O) groups excluding carboxylic acids is 1. The normalized spacial score (nSPS) is 13.2. The molecule has 2 aromatic rings. The summed E-state index contributed by atoms with van der Waals surface area (Å²) in [5, 5.41) is 3.07. The average molecular weight is 339 g/mol. The van der Waals surface area contributed by atoms with Crippen molar-refractivity contribution in [1.29, 1.82) is 0 Å². The van der Waals surface area contributed by atoms with Gasteiger partial charge in [0.1, 0.15) is 5.75 Å². The molecule has 3 nitrogen and oxygen atoms in total. The van der Waals surface area contributed by atoms with Crippen molar-refractivity contribution in [2.45, 2.75) is 60.6 Å². The van der Waals surface area contributed by atoms with Crippen LogP contribution in [0.5, 0.6) is 5.75 Å². The standard InChI is InChI=1S/C22H29NO2/c1-13-8-9-21(17(5)10-13)25-19(7)22(24)23-18(6)20-12-15(3)14(2)11-16(20)4/h8-12,18-19H,1-7H3,(H,23,24)/t18-,19+/m1/s1. The van der Waals surface area contributed by atoms with E-state index in [1.54, 1.807) is 6.92 Å². The highest BCUT2D eigenvalue weighted by Crippen LogP contribution is 2.23. The minimum atomic E-state index is -0.546. The SMILES string of the molecule is Cc1ccc(O[C@@H](C)C(=O)N[C@H](C)c2cc(C)c(C)cc2C)c(C)c1. The number of benzene rings is 2. The molecule has 0 saturated carbocycles. The lowest BCUT2D eigenvalue weighted by atomic mass is 9.96. The lowest BCUT2D eigenvalue weighted by molar-refractivity contribution is -0.127. The Hall–Kier alpha value is -2.29. The molecular formula is C22H29NO2. The van der Waals surface area contributed by atoms with Crippen LogP contribution in [0.1, 0.15) is 53.3 Å². The third-order valence-electron chi connectivity index (χ3n) is 4.71. The van der Waals surface area contributed by atoms with E-state index in [1.165, 1.54) is 22.3 Å². The maximum atomic E-state index is 12.5. The summed E-state index contributed by atoms with van der Waals surface area (Å²) in [6.07, 6.45) is -0.546. The van der Waals surface area contributed by atoms with Gasteiger partial charge in [-0.3, -0.25) is 4.79 Å². The monoisotopic (exact) mass is 339 g/mol. The van der Waals surface area contributed by atoms with Crippen LogP contribution in [0.3, 0.4) is 0 Å². The van der Waals surface area contributed by atoms with Gasteiger partial charge in [0.2, 0.25) is 0 Å². The molecule has 0 aliphatic rings. The van der Waals surface area contributed by atoms with E-state index in [-0.39, 0.29) is 11.9 Å². The largest absolute Gasteiger partial charge is 0.481 e. The van der Waals surface area contributed by atoms with Crippen LogP contribution in [0, 0.1) is 34.6 Å². The van der Waals surface area contributed by atoms with Crippen LogP contribution in [0.4, 0.5) is 0 Å². The number of ether oxygens (including phenoxy) is 1. The first-order valence-corrected chi connectivity index (χ1v) is 8.81. The molecule has 0 spiro atoms. The van der Waals surface area contributed by atoms with E-state index in [1.807, 2.05) is 32.9 Å². The first-order valence-electron chi connectivity index (χ1n) is 8.81. The quantitative estimate of drug-likeness (QED) is 0.843. The maximum Gasteiger partial charge on any atom is 0.261 e. The molecule has 0 saturated heterocycles. The van der Waals surface area contributed by atoms with Crippen LogP contribution in [-0.4, -0.2) is 12.0 Å². The van der Waals surface area contributed by atoms with Gasteiger partial charge in [-0.2, -0.15) is 0 Å². The van der Waals surface area contributed by atoms with E-state index in [2.05, 4.69) is 44.3 Å². The zero-order valence-electron chi connectivity index (χ0n) is 16.4. The lowest BCUT2D eigenvalue weighted by Gasteiger charge is -2.22. The Bertz CT molecular complexity index is 780. The minimum absolute atomic E-state index is 0.0584. The smallest absolute Gasteiger partial charge is 0.261 e. The molecule has 0 fully saturated rings. The summed E-state index contributed by atoms with van der Waals surface area (Å²) in [5.41, 5.74) is 7.07. The summed E-state index contributed by atoms with van der Waals surface area (Å²) >= 11 is 0. The third kappa shape index (κ3) is 4.62. The predicted octanol–water partition coefficient (Wildman–Crippen LogP) is 4.87. The van der Waals surface area contributed by atoms with E-state index in [0.29, 0.717) is 0 Å². The van der Waals surface area contributed by atoms with Gasteiger partial charge in [-0.05, 0) is 82.3 Å². The lowest BCUT2D eigenvalue weighted by Crippen LogP contribution is -2.38. The van der Waals surface area contributed by atoms with Gasteiger partial charge < -0.3 is 10.1 Å². The highest BCUT2D eigenvalue weighted by molar-refractivity contribution is 5.81. The van der Waals surface area contributed by atoms with Gasteiger partial charge in [0, 0.05) is 0 Å². The molecule has 134 valence electrons. The number of aryl methyl sites for hydroxylation is 5. The van der Waals surface area contributed by atoms with Crippen LogP contribution in [0.25, 0.3) is 0 Å². The molecule has 0 aliphatic heterocycles. The summed E-state index contributed by atoms with van der Waals surface area (Å²) in [6, 6.07) is 10.2. The van der Waals surface area contributed by atoms with Crippen molar-refractivity contribution in [3.8, 4) is 5.75 Å². The van der Waals surface area contributed by atoms with Crippen molar-refractivity contribution in [2.24, 2.45) is 0 Å². The van der Waals surface area contributed by atoms with E-state index in [9.17, 15) is 4.79 Å². The molecule has 0 aromatic heterocycles. The van der Waals surface area contributed by atoms with E-state index in [0.717, 1.165) is 16.9 Å². The Morgan fingerprint density at radius 3 is 2.16 bits per heavy atom. The molecule has 1 amide bonds. The molecule has 1 N–H and O–H groups in total. The molecule has 0 radical (unpaired) electrons. The number of carbonyl (C=O) groups is 1. The second-order valence-electron chi connectivity index (χ2n) is 7.05. The number of amides is 1. The molecule has 0 heterocycles. The predicted molar refractivity (Wildman–Crippen MR) is 103 cm³/mol. The Morgan fingerprint density at radius 2 is 1.52 bits per heavy atom. The van der Waals surface area contributed by atoms with Crippen molar-refractivity contribution in [2.75, 3.05) is 0 Å². The summed E-state index contributed by atoms with van der Waals surface area (Å²) < 4.78 is 5.86. The Kier molecular flexibility index (Phi) is 5.89. The molecule has 25 heavy (non-hydrogen) atoms. The van der Waals surface area contributed by atoms with Crippen molar-refractivity contribution in [1.82, 2.24) is 5.32 Å². The summed E-state index contributed by atoms with van der Waals surface area (Å²) in [7, 11) is 0. The summed E-state index contributed by atoms with van der Waals surface area (Å²) in [5.74, 6) is 0.647. The van der Waals surface area contributed by atoms with Gasteiger partial charge in [0.15, 0.2) is 6.10 Å². The van der Waals surface area contributed by atoms with Crippen LogP contribution >= 0.6 is 0 Å². The zero-order valence-corrected chi connectivity index (χ0v) is 16.4. The van der Waals surface area contributed by atoms with Crippen molar-refractivity contribution in [3.05, 3.63) is 63.7 Å². The van der Waals surface area contributed by atoms with E-state index >= 15 is 0 Å². The number of hydrogen-bond acceptors (Lipinski definition) is 2. The van der Waals surface area contributed by atoms with Gasteiger partial charge in [-0.25, -0.2) is 0 Å². The molecule has 0 bridgehead atoms.